The number of rotatable bonds is 6. The molecule has 1 aliphatic rings. The van der Waals surface area contributed by atoms with Gasteiger partial charge in [0.1, 0.15) is 11.8 Å². The molecule has 3 rings (SSSR count). The molecule has 154 valence electrons. The molecule has 1 heterocycles. The molecule has 0 spiro atoms. The number of benzene rings is 2. The summed E-state index contributed by atoms with van der Waals surface area (Å²) in [5, 5.41) is 6.14. The average molecular weight is 416 g/mol. The molecular weight excluding hydrogens is 390 g/mol. The molecule has 0 radical (unpaired) electrons. The first-order chi connectivity index (χ1) is 14.0. The molecule has 6 nitrogen and oxygen atoms in total. The number of ether oxygens (including phenoxy) is 1. The van der Waals surface area contributed by atoms with Crippen LogP contribution in [0.2, 0.25) is 5.02 Å². The summed E-state index contributed by atoms with van der Waals surface area (Å²) in [6, 6.07) is 14.0. The van der Waals surface area contributed by atoms with Crippen molar-refractivity contribution in [3.63, 3.8) is 0 Å². The number of halogens is 1. The molecule has 2 unspecified atom stereocenters. The van der Waals surface area contributed by atoms with Crippen LogP contribution in [0.25, 0.3) is 0 Å². The van der Waals surface area contributed by atoms with Crippen molar-refractivity contribution >= 4 is 29.1 Å². The topological polar surface area (TPSA) is 70.7 Å². The lowest BCUT2D eigenvalue weighted by Gasteiger charge is -2.35. The largest absolute Gasteiger partial charge is 0.495 e. The monoisotopic (exact) mass is 415 g/mol. The Labute approximate surface area is 176 Å². The molecule has 2 amide bonds. The Kier molecular flexibility index (Phi) is 6.99. The number of carbonyl (C=O) groups is 2. The van der Waals surface area contributed by atoms with Gasteiger partial charge in [0.25, 0.3) is 5.91 Å². The van der Waals surface area contributed by atoms with Gasteiger partial charge in [-0.25, -0.2) is 0 Å². The number of amides is 2. The molecule has 7 heteroatoms. The standard InChI is InChI=1S/C22H26ClN3O3/c1-15(24-22(28)17-9-3-4-10-18(17)23)21(27)25-16-8-7-13-26(14-16)19-11-5-6-12-20(19)29-2/h3-6,9-12,15-16H,7-8,13-14H2,1-2H3,(H,24,28)(H,25,27). The summed E-state index contributed by atoms with van der Waals surface area (Å²) in [5.41, 5.74) is 1.38. The normalized spacial score (nSPS) is 17.3. The molecule has 1 fully saturated rings. The quantitative estimate of drug-likeness (QED) is 0.759. The summed E-state index contributed by atoms with van der Waals surface area (Å²) < 4.78 is 5.46. The zero-order valence-corrected chi connectivity index (χ0v) is 17.4. The number of carbonyl (C=O) groups excluding carboxylic acids is 2. The summed E-state index contributed by atoms with van der Waals surface area (Å²) in [6.07, 6.45) is 1.85. The number of para-hydroxylation sites is 2. The van der Waals surface area contributed by atoms with Gasteiger partial charge in [-0.1, -0.05) is 35.9 Å². The third kappa shape index (κ3) is 5.21. The Hall–Kier alpha value is -2.73. The highest BCUT2D eigenvalue weighted by Gasteiger charge is 2.26. The number of hydrogen-bond donors (Lipinski definition) is 2. The van der Waals surface area contributed by atoms with Crippen LogP contribution in [0.15, 0.2) is 48.5 Å². The maximum atomic E-state index is 12.6. The van der Waals surface area contributed by atoms with Crippen molar-refractivity contribution in [2.45, 2.75) is 31.8 Å². The van der Waals surface area contributed by atoms with Gasteiger partial charge in [-0.15, -0.1) is 0 Å². The summed E-state index contributed by atoms with van der Waals surface area (Å²) in [4.78, 5) is 27.2. The molecule has 0 bridgehead atoms. The first kappa shape index (κ1) is 21.0. The fourth-order valence-electron chi connectivity index (χ4n) is 3.52. The lowest BCUT2D eigenvalue weighted by Crippen LogP contribution is -2.53. The third-order valence-electron chi connectivity index (χ3n) is 5.05. The van der Waals surface area contributed by atoms with E-state index in [9.17, 15) is 9.59 Å². The Bertz CT molecular complexity index is 874. The van der Waals surface area contributed by atoms with Gasteiger partial charge >= 0.3 is 0 Å². The molecule has 1 aliphatic heterocycles. The molecule has 2 N–H and O–H groups in total. The van der Waals surface area contributed by atoms with Crippen molar-refractivity contribution in [2.24, 2.45) is 0 Å². The fraction of sp³-hybridized carbons (Fsp3) is 0.364. The van der Waals surface area contributed by atoms with Crippen LogP contribution < -0.4 is 20.3 Å². The van der Waals surface area contributed by atoms with Gasteiger partial charge in [0.15, 0.2) is 0 Å². The Morgan fingerprint density at radius 1 is 1.17 bits per heavy atom. The van der Waals surface area contributed by atoms with Gasteiger partial charge < -0.3 is 20.3 Å². The van der Waals surface area contributed by atoms with E-state index in [1.807, 2.05) is 24.3 Å². The SMILES string of the molecule is COc1ccccc1N1CCCC(NC(=O)C(C)NC(=O)c2ccccc2Cl)C1. The van der Waals surface area contributed by atoms with E-state index in [1.54, 1.807) is 38.3 Å². The molecule has 0 aromatic heterocycles. The number of anilines is 1. The van der Waals surface area contributed by atoms with Crippen molar-refractivity contribution in [1.82, 2.24) is 10.6 Å². The summed E-state index contributed by atoms with van der Waals surface area (Å²) in [7, 11) is 1.66. The van der Waals surface area contributed by atoms with Crippen LogP contribution in [0.3, 0.4) is 0 Å². The first-order valence-electron chi connectivity index (χ1n) is 9.73. The Morgan fingerprint density at radius 2 is 1.90 bits per heavy atom. The molecule has 1 saturated heterocycles. The fourth-order valence-corrected chi connectivity index (χ4v) is 3.74. The Balaban J connectivity index is 1.58. The predicted molar refractivity (Wildman–Crippen MR) is 115 cm³/mol. The number of methoxy groups -OCH3 is 1. The second-order valence-electron chi connectivity index (χ2n) is 7.14. The van der Waals surface area contributed by atoms with E-state index in [1.165, 1.54) is 0 Å². The summed E-state index contributed by atoms with van der Waals surface area (Å²) >= 11 is 6.06. The first-order valence-corrected chi connectivity index (χ1v) is 10.1. The van der Waals surface area contributed by atoms with Crippen LogP contribution in [-0.4, -0.2) is 44.1 Å². The van der Waals surface area contributed by atoms with E-state index in [0.29, 0.717) is 17.1 Å². The smallest absolute Gasteiger partial charge is 0.253 e. The van der Waals surface area contributed by atoms with Crippen LogP contribution in [0.5, 0.6) is 5.75 Å². The number of hydrogen-bond acceptors (Lipinski definition) is 4. The van der Waals surface area contributed by atoms with Crippen molar-refractivity contribution in [3.05, 3.63) is 59.1 Å². The van der Waals surface area contributed by atoms with Crippen LogP contribution in [0, 0.1) is 0 Å². The van der Waals surface area contributed by atoms with Gasteiger partial charge in [0, 0.05) is 19.1 Å². The van der Waals surface area contributed by atoms with Crippen molar-refractivity contribution in [2.75, 3.05) is 25.1 Å². The van der Waals surface area contributed by atoms with Crippen molar-refractivity contribution in [1.29, 1.82) is 0 Å². The Morgan fingerprint density at radius 3 is 2.66 bits per heavy atom. The predicted octanol–water partition coefficient (Wildman–Crippen LogP) is 3.25. The minimum atomic E-state index is -0.666. The van der Waals surface area contributed by atoms with Gasteiger partial charge in [-0.2, -0.15) is 0 Å². The lowest BCUT2D eigenvalue weighted by atomic mass is 10.0. The second kappa shape index (κ2) is 9.65. The summed E-state index contributed by atoms with van der Waals surface area (Å²) in [6.45, 7) is 3.27. The molecule has 2 aromatic rings. The van der Waals surface area contributed by atoms with E-state index < -0.39 is 6.04 Å². The minimum Gasteiger partial charge on any atom is -0.495 e. The van der Waals surface area contributed by atoms with Gasteiger partial charge in [-0.05, 0) is 44.0 Å². The van der Waals surface area contributed by atoms with Crippen molar-refractivity contribution < 1.29 is 14.3 Å². The molecule has 0 saturated carbocycles. The van der Waals surface area contributed by atoms with Gasteiger partial charge in [-0.3, -0.25) is 9.59 Å². The maximum absolute atomic E-state index is 12.6. The van der Waals surface area contributed by atoms with Crippen LogP contribution in [0.4, 0.5) is 5.69 Å². The van der Waals surface area contributed by atoms with Crippen LogP contribution in [0.1, 0.15) is 30.1 Å². The van der Waals surface area contributed by atoms with Gasteiger partial charge in [0.2, 0.25) is 5.91 Å². The number of piperidine rings is 1. The van der Waals surface area contributed by atoms with Gasteiger partial charge in [0.05, 0.1) is 23.4 Å². The maximum Gasteiger partial charge on any atom is 0.253 e. The molecule has 2 aromatic carbocycles. The second-order valence-corrected chi connectivity index (χ2v) is 7.55. The molecule has 29 heavy (non-hydrogen) atoms. The average Bonchev–Trinajstić information content (AvgIpc) is 2.74. The van der Waals surface area contributed by atoms with E-state index >= 15 is 0 Å². The zero-order chi connectivity index (χ0) is 20.8. The number of nitrogens with zero attached hydrogens (tertiary/aromatic N) is 1. The number of nitrogens with one attached hydrogen (secondary N) is 2. The molecule has 2 atom stereocenters. The highest BCUT2D eigenvalue weighted by Crippen LogP contribution is 2.29. The van der Waals surface area contributed by atoms with Crippen LogP contribution >= 0.6 is 11.6 Å². The van der Waals surface area contributed by atoms with E-state index in [4.69, 9.17) is 16.3 Å². The van der Waals surface area contributed by atoms with Crippen molar-refractivity contribution in [3.8, 4) is 5.75 Å². The molecular formula is C22H26ClN3O3. The highest BCUT2D eigenvalue weighted by atomic mass is 35.5. The third-order valence-corrected chi connectivity index (χ3v) is 5.38. The van der Waals surface area contributed by atoms with E-state index in [0.717, 1.165) is 30.8 Å². The minimum absolute atomic E-state index is 0.000766. The highest BCUT2D eigenvalue weighted by molar-refractivity contribution is 6.33. The molecule has 0 aliphatic carbocycles. The zero-order valence-electron chi connectivity index (χ0n) is 16.7. The summed E-state index contributed by atoms with van der Waals surface area (Å²) in [5.74, 6) is 0.245. The van der Waals surface area contributed by atoms with E-state index in [2.05, 4.69) is 15.5 Å². The van der Waals surface area contributed by atoms with E-state index in [-0.39, 0.29) is 17.9 Å². The lowest BCUT2D eigenvalue weighted by molar-refractivity contribution is -0.123. The van der Waals surface area contributed by atoms with Crippen LogP contribution in [-0.2, 0) is 4.79 Å².